The highest BCUT2D eigenvalue weighted by atomic mass is 15.1. The summed E-state index contributed by atoms with van der Waals surface area (Å²) in [6.07, 6.45) is 0. The number of nitrogens with zero attached hydrogens (tertiary/aromatic N) is 1. The average molecular weight is 686 g/mol. The van der Waals surface area contributed by atoms with Crippen LogP contribution in [0.15, 0.2) is 212 Å². The Hall–Kier alpha value is -6.96. The number of anilines is 3. The van der Waals surface area contributed by atoms with Crippen LogP contribution in [0.4, 0.5) is 17.1 Å². The van der Waals surface area contributed by atoms with E-state index in [-0.39, 0.29) is 0 Å². The quantitative estimate of drug-likeness (QED) is 0.174. The second-order valence-corrected chi connectivity index (χ2v) is 14.4. The highest BCUT2D eigenvalue weighted by Gasteiger charge is 2.52. The molecule has 9 aromatic rings. The molecule has 0 atom stereocenters. The minimum absolute atomic E-state index is 0.452. The maximum atomic E-state index is 2.52. The molecule has 0 saturated carbocycles. The van der Waals surface area contributed by atoms with Gasteiger partial charge in [0.25, 0.3) is 0 Å². The smallest absolute Gasteiger partial charge is 0.0726 e. The Morgan fingerprint density at radius 1 is 0.296 bits per heavy atom. The third-order valence-electron chi connectivity index (χ3n) is 11.7. The number of benzene rings is 9. The van der Waals surface area contributed by atoms with E-state index in [9.17, 15) is 0 Å². The van der Waals surface area contributed by atoms with E-state index < -0.39 is 5.41 Å². The minimum atomic E-state index is -0.452. The van der Waals surface area contributed by atoms with Crippen molar-refractivity contribution in [1.82, 2.24) is 0 Å². The van der Waals surface area contributed by atoms with Crippen molar-refractivity contribution in [1.29, 1.82) is 0 Å². The molecule has 0 amide bonds. The molecule has 252 valence electrons. The molecule has 2 aliphatic carbocycles. The summed E-state index contributed by atoms with van der Waals surface area (Å²) in [6.45, 7) is 0. The molecule has 11 rings (SSSR count). The zero-order valence-electron chi connectivity index (χ0n) is 29.7. The maximum absolute atomic E-state index is 2.52. The zero-order chi connectivity index (χ0) is 35.6. The highest BCUT2D eigenvalue weighted by molar-refractivity contribution is 6.12. The van der Waals surface area contributed by atoms with Gasteiger partial charge in [0.05, 0.1) is 11.1 Å². The van der Waals surface area contributed by atoms with E-state index in [2.05, 4.69) is 217 Å². The first-order valence-electron chi connectivity index (χ1n) is 18.8. The summed E-state index contributed by atoms with van der Waals surface area (Å²) >= 11 is 0. The summed E-state index contributed by atoms with van der Waals surface area (Å²) in [5.74, 6) is 0. The Kier molecular flexibility index (Phi) is 6.84. The van der Waals surface area contributed by atoms with Crippen LogP contribution in [0.25, 0.3) is 55.3 Å². The minimum Gasteiger partial charge on any atom is -0.310 e. The summed E-state index contributed by atoms with van der Waals surface area (Å²) in [6, 6.07) is 78.2. The van der Waals surface area contributed by atoms with Crippen LogP contribution in [0.3, 0.4) is 0 Å². The van der Waals surface area contributed by atoms with Gasteiger partial charge in [-0.1, -0.05) is 182 Å². The Morgan fingerprint density at radius 2 is 0.778 bits per heavy atom. The van der Waals surface area contributed by atoms with Crippen molar-refractivity contribution in [2.24, 2.45) is 0 Å². The summed E-state index contributed by atoms with van der Waals surface area (Å²) in [7, 11) is 0. The molecular weight excluding hydrogens is 651 g/mol. The van der Waals surface area contributed by atoms with E-state index in [0.717, 1.165) is 17.1 Å². The van der Waals surface area contributed by atoms with Crippen molar-refractivity contribution >= 4 is 27.8 Å². The molecule has 0 fully saturated rings. The lowest BCUT2D eigenvalue weighted by Crippen LogP contribution is -2.26. The third kappa shape index (κ3) is 4.39. The molecule has 9 aromatic carbocycles. The first-order valence-corrected chi connectivity index (χ1v) is 18.8. The normalized spacial score (nSPS) is 13.0. The van der Waals surface area contributed by atoms with Gasteiger partial charge in [-0.3, -0.25) is 0 Å². The number of hydrogen-bond donors (Lipinski definition) is 0. The van der Waals surface area contributed by atoms with Crippen LogP contribution >= 0.6 is 0 Å². The molecule has 0 bridgehead atoms. The van der Waals surface area contributed by atoms with Crippen LogP contribution < -0.4 is 4.90 Å². The van der Waals surface area contributed by atoms with Crippen LogP contribution in [0, 0.1) is 0 Å². The van der Waals surface area contributed by atoms with Crippen LogP contribution in [-0.4, -0.2) is 0 Å². The van der Waals surface area contributed by atoms with Gasteiger partial charge >= 0.3 is 0 Å². The lowest BCUT2D eigenvalue weighted by molar-refractivity contribution is 0.794. The first kappa shape index (κ1) is 30.6. The summed E-state index contributed by atoms with van der Waals surface area (Å²) < 4.78 is 0. The van der Waals surface area contributed by atoms with Crippen LogP contribution in [0.2, 0.25) is 0 Å². The van der Waals surface area contributed by atoms with Crippen molar-refractivity contribution < 1.29 is 0 Å². The standard InChI is InChI=1S/C53H35N/c1-3-16-36(17-4-1)38-30-32-40(33-31-38)54(41-21-15-20-39(34-41)37-18-5-2-6-19-37)51-35-50-52(45-25-8-7-24-44(45)51)46-26-11-14-29-49(46)53(50)47-27-12-9-22-42(47)43-23-10-13-28-48(43)53/h1-35H. The van der Waals surface area contributed by atoms with Gasteiger partial charge in [-0.05, 0) is 102 Å². The molecule has 0 saturated heterocycles. The fourth-order valence-corrected chi connectivity index (χ4v) is 9.43. The van der Waals surface area contributed by atoms with E-state index in [1.54, 1.807) is 0 Å². The molecule has 0 unspecified atom stereocenters. The molecule has 1 nitrogen and oxygen atoms in total. The van der Waals surface area contributed by atoms with Crippen LogP contribution in [0.1, 0.15) is 22.3 Å². The molecule has 54 heavy (non-hydrogen) atoms. The zero-order valence-corrected chi connectivity index (χ0v) is 29.7. The van der Waals surface area contributed by atoms with Crippen molar-refractivity contribution in [2.75, 3.05) is 4.90 Å². The fourth-order valence-electron chi connectivity index (χ4n) is 9.43. The largest absolute Gasteiger partial charge is 0.310 e. The highest BCUT2D eigenvalue weighted by Crippen LogP contribution is 2.64. The van der Waals surface area contributed by atoms with Gasteiger partial charge in [-0.15, -0.1) is 0 Å². The third-order valence-corrected chi connectivity index (χ3v) is 11.7. The van der Waals surface area contributed by atoms with Gasteiger partial charge in [-0.25, -0.2) is 0 Å². The van der Waals surface area contributed by atoms with Crippen molar-refractivity contribution in [3.05, 3.63) is 235 Å². The van der Waals surface area contributed by atoms with Crippen molar-refractivity contribution in [3.63, 3.8) is 0 Å². The molecule has 2 aliphatic rings. The molecule has 0 heterocycles. The second kappa shape index (κ2) is 12.0. The van der Waals surface area contributed by atoms with Gasteiger partial charge in [0.1, 0.15) is 0 Å². The number of hydrogen-bond acceptors (Lipinski definition) is 1. The molecule has 1 spiro atoms. The lowest BCUT2D eigenvalue weighted by Gasteiger charge is -2.33. The van der Waals surface area contributed by atoms with E-state index >= 15 is 0 Å². The Labute approximate surface area is 316 Å². The average Bonchev–Trinajstić information content (AvgIpc) is 3.72. The second-order valence-electron chi connectivity index (χ2n) is 14.4. The lowest BCUT2D eigenvalue weighted by atomic mass is 9.70. The summed E-state index contributed by atoms with van der Waals surface area (Å²) in [4.78, 5) is 2.48. The van der Waals surface area contributed by atoms with Gasteiger partial charge in [0.15, 0.2) is 0 Å². The van der Waals surface area contributed by atoms with E-state index in [1.165, 1.54) is 77.5 Å². The molecule has 1 heteroatoms. The number of fused-ring (bicyclic) bond motifs is 12. The maximum Gasteiger partial charge on any atom is 0.0726 e. The predicted octanol–water partition coefficient (Wildman–Crippen LogP) is 14.0. The van der Waals surface area contributed by atoms with E-state index in [1.807, 2.05) is 0 Å². The van der Waals surface area contributed by atoms with Gasteiger partial charge in [0, 0.05) is 16.8 Å². The SMILES string of the molecule is c1ccc(-c2ccc(N(c3cccc(-c4ccccc4)c3)c3cc4c(c5ccccc35)-c3ccccc3C43c4ccccc4-c4ccccc43)cc2)cc1. The van der Waals surface area contributed by atoms with Gasteiger partial charge in [-0.2, -0.15) is 0 Å². The molecule has 0 radical (unpaired) electrons. The monoisotopic (exact) mass is 685 g/mol. The topological polar surface area (TPSA) is 3.24 Å². The molecule has 0 N–H and O–H groups in total. The predicted molar refractivity (Wildman–Crippen MR) is 226 cm³/mol. The number of rotatable bonds is 5. The van der Waals surface area contributed by atoms with Crippen LogP contribution in [0.5, 0.6) is 0 Å². The van der Waals surface area contributed by atoms with Gasteiger partial charge < -0.3 is 4.90 Å². The summed E-state index contributed by atoms with van der Waals surface area (Å²) in [5.41, 5.74) is 18.4. The van der Waals surface area contributed by atoms with Crippen molar-refractivity contribution in [2.45, 2.75) is 5.41 Å². The van der Waals surface area contributed by atoms with Crippen molar-refractivity contribution in [3.8, 4) is 44.5 Å². The Balaban J connectivity index is 1.23. The van der Waals surface area contributed by atoms with E-state index in [4.69, 9.17) is 0 Å². The Bertz CT molecular complexity index is 2820. The van der Waals surface area contributed by atoms with Gasteiger partial charge in [0.2, 0.25) is 0 Å². The fraction of sp³-hybridized carbons (Fsp3) is 0.0189. The summed E-state index contributed by atoms with van der Waals surface area (Å²) in [5, 5.41) is 2.49. The first-order chi connectivity index (χ1) is 26.8. The molecule has 0 aliphatic heterocycles. The molecular formula is C53H35N. The Morgan fingerprint density at radius 3 is 1.43 bits per heavy atom. The van der Waals surface area contributed by atoms with E-state index in [0.29, 0.717) is 0 Å². The molecule has 0 aromatic heterocycles. The van der Waals surface area contributed by atoms with Crippen LogP contribution in [-0.2, 0) is 5.41 Å².